The summed E-state index contributed by atoms with van der Waals surface area (Å²) in [5, 5.41) is 5.69. The van der Waals surface area contributed by atoms with Gasteiger partial charge in [-0.1, -0.05) is 12.1 Å². The Morgan fingerprint density at radius 1 is 1.22 bits per heavy atom. The molecule has 0 spiro atoms. The Balaban J connectivity index is 0.00000364. The molecule has 1 aliphatic rings. The number of para-hydroxylation sites is 1. The highest BCUT2D eigenvalue weighted by Crippen LogP contribution is 2.34. The number of ether oxygens (including phenoxy) is 2. The molecule has 1 saturated carbocycles. The number of alkyl halides is 3. The van der Waals surface area contributed by atoms with Crippen LogP contribution in [0.2, 0.25) is 0 Å². The lowest BCUT2D eigenvalue weighted by Crippen LogP contribution is -2.38. The largest absolute Gasteiger partial charge is 0.493 e. The van der Waals surface area contributed by atoms with Crippen LogP contribution in [0, 0.1) is 0 Å². The summed E-state index contributed by atoms with van der Waals surface area (Å²) in [6.07, 6.45) is -0.581. The molecule has 9 heteroatoms. The highest BCUT2D eigenvalue weighted by molar-refractivity contribution is 14.0. The molecule has 0 saturated heterocycles. The van der Waals surface area contributed by atoms with E-state index >= 15 is 0 Å². The van der Waals surface area contributed by atoms with Gasteiger partial charge in [-0.05, 0) is 31.7 Å². The molecule has 1 aliphatic carbocycles. The third kappa shape index (κ3) is 8.02. The molecule has 27 heavy (non-hydrogen) atoms. The van der Waals surface area contributed by atoms with Crippen LogP contribution in [-0.4, -0.2) is 38.9 Å². The maximum absolute atomic E-state index is 12.3. The highest BCUT2D eigenvalue weighted by Gasteiger charge is 2.26. The van der Waals surface area contributed by atoms with E-state index < -0.39 is 12.6 Å². The quantitative estimate of drug-likeness (QED) is 0.333. The summed E-state index contributed by atoms with van der Waals surface area (Å²) < 4.78 is 48.3. The maximum Gasteiger partial charge on any atom is 0.390 e. The number of halogens is 4. The van der Waals surface area contributed by atoms with Crippen molar-refractivity contribution in [2.24, 2.45) is 4.99 Å². The summed E-state index contributed by atoms with van der Waals surface area (Å²) in [5.74, 6) is 1.64. The van der Waals surface area contributed by atoms with Crippen molar-refractivity contribution in [3.63, 3.8) is 0 Å². The van der Waals surface area contributed by atoms with Crippen molar-refractivity contribution >= 4 is 29.9 Å². The van der Waals surface area contributed by atoms with Crippen LogP contribution in [0.3, 0.4) is 0 Å². The molecule has 2 rings (SSSR count). The van der Waals surface area contributed by atoms with Gasteiger partial charge in [0, 0.05) is 25.7 Å². The second kappa shape index (κ2) is 11.5. The smallest absolute Gasteiger partial charge is 0.390 e. The van der Waals surface area contributed by atoms with Crippen molar-refractivity contribution < 1.29 is 22.6 Å². The summed E-state index contributed by atoms with van der Waals surface area (Å²) in [7, 11) is 3.11. The number of guanidine groups is 1. The zero-order valence-corrected chi connectivity index (χ0v) is 17.9. The fourth-order valence-corrected chi connectivity index (χ4v) is 2.89. The highest BCUT2D eigenvalue weighted by atomic mass is 127. The summed E-state index contributed by atoms with van der Waals surface area (Å²) in [4.78, 5) is 3.95. The molecule has 0 unspecified atom stereocenters. The standard InChI is InChI=1S/C18H26F3N3O2.HI/c1-22-17(23-11-10-18(19,20)21)24-12-13-6-5-9-15(25-2)16(13)26-14-7-3-4-8-14;/h5-6,9,14H,3-4,7-8,10-12H2,1-2H3,(H2,22,23,24);1H. The predicted octanol–water partition coefficient (Wildman–Crippen LogP) is 4.25. The lowest BCUT2D eigenvalue weighted by atomic mass is 10.1. The van der Waals surface area contributed by atoms with Crippen LogP contribution in [0.15, 0.2) is 23.2 Å². The van der Waals surface area contributed by atoms with E-state index in [1.165, 1.54) is 7.05 Å². The SMILES string of the molecule is CN=C(NCCC(F)(F)F)NCc1cccc(OC)c1OC1CCCC1.I. The molecule has 0 amide bonds. The molecule has 5 nitrogen and oxygen atoms in total. The van der Waals surface area contributed by atoms with Gasteiger partial charge in [-0.2, -0.15) is 13.2 Å². The molecule has 0 aliphatic heterocycles. The van der Waals surface area contributed by atoms with Crippen LogP contribution in [-0.2, 0) is 6.54 Å². The fourth-order valence-electron chi connectivity index (χ4n) is 2.89. The number of benzene rings is 1. The normalized spacial score (nSPS) is 15.2. The van der Waals surface area contributed by atoms with Gasteiger partial charge in [-0.15, -0.1) is 24.0 Å². The Bertz CT molecular complexity index is 606. The monoisotopic (exact) mass is 501 g/mol. The van der Waals surface area contributed by atoms with Gasteiger partial charge in [0.2, 0.25) is 0 Å². The number of aliphatic imine (C=N–C) groups is 1. The Morgan fingerprint density at radius 2 is 1.93 bits per heavy atom. The van der Waals surface area contributed by atoms with Gasteiger partial charge >= 0.3 is 6.18 Å². The van der Waals surface area contributed by atoms with Crippen LogP contribution >= 0.6 is 24.0 Å². The number of hydrogen-bond donors (Lipinski definition) is 2. The van der Waals surface area contributed by atoms with Crippen molar-refractivity contribution in [1.29, 1.82) is 0 Å². The number of nitrogens with zero attached hydrogens (tertiary/aromatic N) is 1. The van der Waals surface area contributed by atoms with Crippen LogP contribution < -0.4 is 20.1 Å². The van der Waals surface area contributed by atoms with Crippen molar-refractivity contribution in [3.8, 4) is 11.5 Å². The molecule has 0 radical (unpaired) electrons. The van der Waals surface area contributed by atoms with Crippen LogP contribution in [0.4, 0.5) is 13.2 Å². The van der Waals surface area contributed by atoms with Crippen molar-refractivity contribution in [2.45, 2.75) is 50.9 Å². The third-order valence-corrected chi connectivity index (χ3v) is 4.24. The van der Waals surface area contributed by atoms with Crippen molar-refractivity contribution in [2.75, 3.05) is 20.7 Å². The summed E-state index contributed by atoms with van der Waals surface area (Å²) in [6, 6.07) is 5.60. The van der Waals surface area contributed by atoms with Gasteiger partial charge in [-0.25, -0.2) is 0 Å². The van der Waals surface area contributed by atoms with Crippen LogP contribution in [0.1, 0.15) is 37.7 Å². The Morgan fingerprint density at radius 3 is 2.52 bits per heavy atom. The van der Waals surface area contributed by atoms with E-state index in [1.54, 1.807) is 7.11 Å². The Hall–Kier alpha value is -1.39. The molecule has 0 aromatic heterocycles. The predicted molar refractivity (Wildman–Crippen MR) is 110 cm³/mol. The van der Waals surface area contributed by atoms with E-state index in [1.807, 2.05) is 18.2 Å². The minimum absolute atomic E-state index is 0. The molecule has 0 bridgehead atoms. The second-order valence-electron chi connectivity index (χ2n) is 6.19. The van der Waals surface area contributed by atoms with Crippen molar-refractivity contribution in [3.05, 3.63) is 23.8 Å². The molecular formula is C18H27F3IN3O2. The molecule has 0 atom stereocenters. The average molecular weight is 501 g/mol. The van der Waals surface area contributed by atoms with E-state index in [2.05, 4.69) is 15.6 Å². The Kier molecular flexibility index (Phi) is 10.0. The molecule has 1 aromatic rings. The van der Waals surface area contributed by atoms with Gasteiger partial charge in [0.05, 0.1) is 19.6 Å². The number of rotatable bonds is 7. The van der Waals surface area contributed by atoms with Crippen LogP contribution in [0.25, 0.3) is 0 Å². The molecule has 0 heterocycles. The zero-order chi connectivity index (χ0) is 19.0. The van der Waals surface area contributed by atoms with Gasteiger partial charge in [0.15, 0.2) is 17.5 Å². The van der Waals surface area contributed by atoms with Gasteiger partial charge in [0.1, 0.15) is 0 Å². The Labute approximate surface area is 175 Å². The lowest BCUT2D eigenvalue weighted by Gasteiger charge is -2.20. The van der Waals surface area contributed by atoms with Gasteiger partial charge in [-0.3, -0.25) is 4.99 Å². The molecule has 1 fully saturated rings. The molecule has 1 aromatic carbocycles. The van der Waals surface area contributed by atoms with E-state index in [0.717, 1.165) is 31.2 Å². The lowest BCUT2D eigenvalue weighted by molar-refractivity contribution is -0.132. The first-order valence-corrected chi connectivity index (χ1v) is 8.76. The topological polar surface area (TPSA) is 54.9 Å². The molecule has 2 N–H and O–H groups in total. The van der Waals surface area contributed by atoms with E-state index in [4.69, 9.17) is 9.47 Å². The minimum Gasteiger partial charge on any atom is -0.493 e. The second-order valence-corrected chi connectivity index (χ2v) is 6.19. The summed E-state index contributed by atoms with van der Waals surface area (Å²) in [5.41, 5.74) is 0.870. The molecular weight excluding hydrogens is 474 g/mol. The first kappa shape index (κ1) is 23.6. The fraction of sp³-hybridized carbons (Fsp3) is 0.611. The first-order valence-electron chi connectivity index (χ1n) is 8.76. The zero-order valence-electron chi connectivity index (χ0n) is 15.6. The van der Waals surface area contributed by atoms with E-state index in [0.29, 0.717) is 24.0 Å². The van der Waals surface area contributed by atoms with Gasteiger partial charge < -0.3 is 20.1 Å². The van der Waals surface area contributed by atoms with E-state index in [9.17, 15) is 13.2 Å². The van der Waals surface area contributed by atoms with E-state index in [-0.39, 0.29) is 36.6 Å². The first-order chi connectivity index (χ1) is 12.4. The summed E-state index contributed by atoms with van der Waals surface area (Å²) in [6.45, 7) is 0.137. The number of hydrogen-bond acceptors (Lipinski definition) is 3. The number of methoxy groups -OCH3 is 1. The van der Waals surface area contributed by atoms with Crippen LogP contribution in [0.5, 0.6) is 11.5 Å². The van der Waals surface area contributed by atoms with Gasteiger partial charge in [0.25, 0.3) is 0 Å². The maximum atomic E-state index is 12.3. The average Bonchev–Trinajstić information content (AvgIpc) is 3.11. The summed E-state index contributed by atoms with van der Waals surface area (Å²) >= 11 is 0. The number of nitrogens with one attached hydrogen (secondary N) is 2. The third-order valence-electron chi connectivity index (χ3n) is 4.24. The minimum atomic E-state index is -4.19. The van der Waals surface area contributed by atoms with Crippen molar-refractivity contribution in [1.82, 2.24) is 10.6 Å². The molecule has 154 valence electrons.